The van der Waals surface area contributed by atoms with Crippen LogP contribution in [0.25, 0.3) is 0 Å². The van der Waals surface area contributed by atoms with Gasteiger partial charge in [0.05, 0.1) is 17.1 Å². The summed E-state index contributed by atoms with van der Waals surface area (Å²) in [4.78, 5) is 13.3. The van der Waals surface area contributed by atoms with Gasteiger partial charge in [0.25, 0.3) is 10.1 Å². The molecule has 0 saturated carbocycles. The first-order valence-electron chi connectivity index (χ1n) is 12.3. The summed E-state index contributed by atoms with van der Waals surface area (Å²) in [5, 5.41) is -0.125. The molecule has 4 rings (SSSR count). The van der Waals surface area contributed by atoms with E-state index >= 15 is 0 Å². The number of carbonyl (C=O) groups is 1. The normalized spacial score (nSPS) is 27.1. The van der Waals surface area contributed by atoms with E-state index in [0.717, 1.165) is 5.56 Å². The van der Waals surface area contributed by atoms with Crippen LogP contribution in [-0.2, 0) is 37.7 Å². The highest BCUT2D eigenvalue weighted by Crippen LogP contribution is 2.50. The van der Waals surface area contributed by atoms with Crippen molar-refractivity contribution >= 4 is 24.2 Å². The Morgan fingerprint density at radius 1 is 1.11 bits per heavy atom. The van der Waals surface area contributed by atoms with Crippen molar-refractivity contribution < 1.29 is 40.4 Å². The molecular weight excluding hydrogens is 516 g/mol. The van der Waals surface area contributed by atoms with Crippen LogP contribution in [0.5, 0.6) is 0 Å². The van der Waals surface area contributed by atoms with Gasteiger partial charge in [0.15, 0.2) is 20.2 Å². The molecule has 9 nitrogen and oxygen atoms in total. The average molecular weight is 553 g/mol. The van der Waals surface area contributed by atoms with E-state index in [0.29, 0.717) is 5.76 Å². The molecule has 2 bridgehead atoms. The topological polar surface area (TPSA) is 110 Å². The van der Waals surface area contributed by atoms with Crippen LogP contribution in [0.3, 0.4) is 0 Å². The van der Waals surface area contributed by atoms with Crippen molar-refractivity contribution in [3.05, 3.63) is 54.0 Å². The monoisotopic (exact) mass is 552 g/mol. The van der Waals surface area contributed by atoms with Gasteiger partial charge in [-0.25, -0.2) is 0 Å². The molecular formula is C26H36O9SSi. The van der Waals surface area contributed by atoms with Crippen molar-refractivity contribution in [1.29, 1.82) is 0 Å². The van der Waals surface area contributed by atoms with E-state index in [4.69, 9.17) is 27.2 Å². The number of furan rings is 1. The molecule has 0 radical (unpaired) electrons. The second-order valence-electron chi connectivity index (χ2n) is 11.1. The van der Waals surface area contributed by atoms with Crippen LogP contribution in [0.1, 0.15) is 38.2 Å². The first-order chi connectivity index (χ1) is 17.3. The lowest BCUT2D eigenvalue weighted by molar-refractivity contribution is -0.148. The number of rotatable bonds is 10. The molecule has 3 heterocycles. The summed E-state index contributed by atoms with van der Waals surface area (Å²) in [6.45, 7) is 12.4. The van der Waals surface area contributed by atoms with Crippen molar-refractivity contribution in [2.45, 2.75) is 81.2 Å². The van der Waals surface area contributed by atoms with Crippen molar-refractivity contribution in [3.63, 3.8) is 0 Å². The second kappa shape index (κ2) is 10.4. The smallest absolute Gasteiger partial charge is 0.297 e. The van der Waals surface area contributed by atoms with Crippen LogP contribution in [0.2, 0.25) is 18.1 Å². The Morgan fingerprint density at radius 3 is 2.35 bits per heavy atom. The number of aryl methyl sites for hydroxylation is 1. The van der Waals surface area contributed by atoms with E-state index in [1.54, 1.807) is 30.5 Å². The zero-order valence-electron chi connectivity index (χ0n) is 22.3. The number of carbonyl (C=O) groups excluding carboxylic acids is 1. The molecule has 0 amide bonds. The number of ketones is 1. The van der Waals surface area contributed by atoms with Gasteiger partial charge in [-0.05, 0) is 49.3 Å². The highest BCUT2D eigenvalue weighted by molar-refractivity contribution is 7.86. The van der Waals surface area contributed by atoms with Gasteiger partial charge in [-0.2, -0.15) is 8.42 Å². The molecule has 1 aromatic carbocycles. The Labute approximate surface area is 219 Å². The highest BCUT2D eigenvalue weighted by atomic mass is 32.2. The van der Waals surface area contributed by atoms with Crippen molar-refractivity contribution in [2.75, 3.05) is 13.9 Å². The van der Waals surface area contributed by atoms with Crippen molar-refractivity contribution in [2.24, 2.45) is 5.92 Å². The minimum absolute atomic E-state index is 0.0301. The van der Waals surface area contributed by atoms with Crippen molar-refractivity contribution in [3.8, 4) is 0 Å². The minimum Gasteiger partial charge on any atom is -0.467 e. The van der Waals surface area contributed by atoms with Gasteiger partial charge in [0.2, 0.25) is 0 Å². The fourth-order valence-corrected chi connectivity index (χ4v) is 6.83. The van der Waals surface area contributed by atoms with E-state index in [9.17, 15) is 13.2 Å². The number of benzene rings is 1. The molecule has 0 aliphatic carbocycles. The molecule has 0 N–H and O–H groups in total. The Kier molecular flexibility index (Phi) is 7.89. The van der Waals surface area contributed by atoms with Crippen LogP contribution in [0, 0.1) is 12.8 Å². The lowest BCUT2D eigenvalue weighted by atomic mass is 9.79. The Balaban J connectivity index is 1.71. The Morgan fingerprint density at radius 2 is 1.78 bits per heavy atom. The number of ether oxygens (including phenoxy) is 3. The maximum absolute atomic E-state index is 13.3. The summed E-state index contributed by atoms with van der Waals surface area (Å²) >= 11 is 0. The highest BCUT2D eigenvalue weighted by Gasteiger charge is 2.65. The lowest BCUT2D eigenvalue weighted by Gasteiger charge is -2.43. The van der Waals surface area contributed by atoms with Gasteiger partial charge < -0.3 is 23.1 Å². The molecule has 2 aliphatic heterocycles. The number of hydrogen-bond acceptors (Lipinski definition) is 9. The molecule has 2 aliphatic rings. The number of fused-ring (bicyclic) bond motifs is 2. The molecule has 204 valence electrons. The number of Topliss-reactive ketones (excluding diaryl/α,β-unsaturated/α-hetero) is 1. The van der Waals surface area contributed by atoms with Crippen molar-refractivity contribution in [1.82, 2.24) is 0 Å². The van der Waals surface area contributed by atoms with Gasteiger partial charge in [-0.1, -0.05) is 38.5 Å². The first kappa shape index (κ1) is 28.2. The molecule has 2 saturated heterocycles. The fourth-order valence-electron chi connectivity index (χ4n) is 4.51. The largest absolute Gasteiger partial charge is 0.467 e. The van der Waals surface area contributed by atoms with Gasteiger partial charge >= 0.3 is 0 Å². The summed E-state index contributed by atoms with van der Waals surface area (Å²) in [5.41, 5.74) is 0.903. The van der Waals surface area contributed by atoms with Crippen LogP contribution >= 0.6 is 0 Å². The third kappa shape index (κ3) is 5.49. The quantitative estimate of drug-likeness (QED) is 0.241. The van der Waals surface area contributed by atoms with Gasteiger partial charge in [-0.15, -0.1) is 0 Å². The third-order valence-electron chi connectivity index (χ3n) is 7.54. The fraction of sp³-hybridized carbons (Fsp3) is 0.577. The second-order valence-corrected chi connectivity index (χ2v) is 17.5. The van der Waals surface area contributed by atoms with Gasteiger partial charge in [0, 0.05) is 7.11 Å². The maximum atomic E-state index is 13.3. The summed E-state index contributed by atoms with van der Waals surface area (Å²) in [5.74, 6) is -0.524. The minimum atomic E-state index is -4.23. The van der Waals surface area contributed by atoms with Crippen LogP contribution in [0.15, 0.2) is 52.0 Å². The lowest BCUT2D eigenvalue weighted by Crippen LogP contribution is -2.53. The van der Waals surface area contributed by atoms with E-state index in [1.807, 2.05) is 6.92 Å². The first-order valence-corrected chi connectivity index (χ1v) is 16.6. The third-order valence-corrected chi connectivity index (χ3v) is 13.3. The SMILES string of the molecule is COCO[C@@H]1[C@@H]([C@H](O[Si](C)(C)C(C)(C)C)c2ccco2)[C@H]2O[C@@H]1C(=O)[C@@H]2OS(=O)(=O)c1ccc(C)cc1. The molecule has 11 heteroatoms. The van der Waals surface area contributed by atoms with E-state index < -0.39 is 60.7 Å². The number of hydrogen-bond donors (Lipinski definition) is 0. The van der Waals surface area contributed by atoms with Crippen LogP contribution in [0.4, 0.5) is 0 Å². The number of methoxy groups -OCH3 is 1. The molecule has 0 unspecified atom stereocenters. The Bertz CT molecular complexity index is 1190. The van der Waals surface area contributed by atoms with E-state index in [-0.39, 0.29) is 16.7 Å². The Hall–Kier alpha value is -1.86. The molecule has 37 heavy (non-hydrogen) atoms. The molecule has 0 spiro atoms. The zero-order valence-corrected chi connectivity index (χ0v) is 24.1. The summed E-state index contributed by atoms with van der Waals surface area (Å²) < 4.78 is 61.5. The summed E-state index contributed by atoms with van der Waals surface area (Å²) in [6, 6.07) is 9.82. The molecule has 1 aromatic heterocycles. The maximum Gasteiger partial charge on any atom is 0.297 e. The summed E-state index contributed by atoms with van der Waals surface area (Å²) in [6.07, 6.45) is -3.14. The standard InChI is InChI=1S/C26H36O9SSi/c1-16-10-12-17(13-11-16)36(28,29)34-25-20(27)24-22(32-15-30-5)19(23(25)33-24)21(18-9-8-14-31-18)35-37(6,7)26(2,3)4/h8-14,19,21-25H,15H2,1-7H3/t19-,21-,22-,23-,24-,25+/m1/s1. The van der Waals surface area contributed by atoms with Crippen LogP contribution in [-0.4, -0.2) is 60.8 Å². The summed E-state index contributed by atoms with van der Waals surface area (Å²) in [7, 11) is -5.12. The van der Waals surface area contributed by atoms with E-state index in [1.165, 1.54) is 19.2 Å². The zero-order chi connectivity index (χ0) is 27.2. The predicted octanol–water partition coefficient (Wildman–Crippen LogP) is 4.38. The molecule has 6 atom stereocenters. The van der Waals surface area contributed by atoms with Gasteiger partial charge in [0.1, 0.15) is 37.0 Å². The van der Waals surface area contributed by atoms with E-state index in [2.05, 4.69) is 33.9 Å². The molecule has 2 aromatic rings. The van der Waals surface area contributed by atoms with Gasteiger partial charge in [-0.3, -0.25) is 8.98 Å². The predicted molar refractivity (Wildman–Crippen MR) is 137 cm³/mol. The van der Waals surface area contributed by atoms with Crippen LogP contribution < -0.4 is 0 Å². The average Bonchev–Trinajstić information content (AvgIpc) is 3.53. The molecule has 2 fully saturated rings.